The smallest absolute Gasteiger partial charge is 0.239 e. The summed E-state index contributed by atoms with van der Waals surface area (Å²) in [5.74, 6) is 0.596. The summed E-state index contributed by atoms with van der Waals surface area (Å²) in [6, 6.07) is 30.3. The number of rotatable bonds is 14. The second-order valence-corrected chi connectivity index (χ2v) is 13.1. The van der Waals surface area contributed by atoms with Crippen LogP contribution in [0.3, 0.4) is 0 Å². The van der Waals surface area contributed by atoms with Gasteiger partial charge in [0.2, 0.25) is 17.7 Å². The minimum Gasteiger partial charge on any atom is -0.354 e. The van der Waals surface area contributed by atoms with E-state index in [2.05, 4.69) is 57.7 Å². The highest BCUT2D eigenvalue weighted by Gasteiger charge is 2.38. The van der Waals surface area contributed by atoms with Crippen molar-refractivity contribution in [2.45, 2.75) is 75.7 Å². The molecule has 1 saturated heterocycles. The highest BCUT2D eigenvalue weighted by molar-refractivity contribution is 5.86. The lowest BCUT2D eigenvalue weighted by molar-refractivity contribution is -0.127. The molecule has 2 atom stereocenters. The number of carbonyl (C=O) groups is 3. The zero-order chi connectivity index (χ0) is 32.0. The Bertz CT molecular complexity index is 1270. The number of carbonyl (C=O) groups excluding carboxylic acids is 3. The highest BCUT2D eigenvalue weighted by Crippen LogP contribution is 2.42. The van der Waals surface area contributed by atoms with Crippen molar-refractivity contribution >= 4 is 17.7 Å². The van der Waals surface area contributed by atoms with Gasteiger partial charge in [-0.15, -0.1) is 0 Å². The Kier molecular flexibility index (Phi) is 12.4. The number of benzene rings is 3. The summed E-state index contributed by atoms with van der Waals surface area (Å²) in [7, 11) is 0. The first-order valence-corrected chi connectivity index (χ1v) is 17.2. The van der Waals surface area contributed by atoms with Gasteiger partial charge in [-0.2, -0.15) is 0 Å². The van der Waals surface area contributed by atoms with E-state index >= 15 is 0 Å². The maximum atomic E-state index is 13.5. The summed E-state index contributed by atoms with van der Waals surface area (Å²) in [6.07, 6.45) is 10.1. The molecule has 3 aromatic rings. The summed E-state index contributed by atoms with van der Waals surface area (Å²) in [5.41, 5.74) is 2.28. The number of piperidine rings is 1. The van der Waals surface area contributed by atoms with Gasteiger partial charge in [0.1, 0.15) is 0 Å². The molecular formula is C39H50N4O3. The van der Waals surface area contributed by atoms with Crippen LogP contribution in [0, 0.1) is 11.8 Å². The Morgan fingerprint density at radius 3 is 1.83 bits per heavy atom. The van der Waals surface area contributed by atoms with Crippen LogP contribution in [-0.4, -0.2) is 49.9 Å². The standard InChI is InChI=1S/C39H50N4O3/c44-36(43-35(31-16-13-24-40-28-31)26-30-14-5-1-6-15-30)23-25-41-38(46)29-42-37(45)27-39(32-17-7-2-8-18-32,33-19-9-3-10-20-33)34-21-11-4-12-22-34/h2-4,7-12,17-22,30-31,35,40H,1,5-6,13-16,23-29H2,(H,41,46)(H,42,45)(H,43,44)/t31?,35-/m0/s1. The molecule has 7 heteroatoms. The summed E-state index contributed by atoms with van der Waals surface area (Å²) >= 11 is 0. The summed E-state index contributed by atoms with van der Waals surface area (Å²) in [6.45, 7) is 2.09. The molecule has 1 unspecified atom stereocenters. The van der Waals surface area contributed by atoms with Crippen LogP contribution in [0.1, 0.15) is 80.9 Å². The lowest BCUT2D eigenvalue weighted by Gasteiger charge is -2.35. The molecule has 2 aliphatic rings. The molecule has 0 aromatic heterocycles. The molecule has 46 heavy (non-hydrogen) atoms. The third-order valence-corrected chi connectivity index (χ3v) is 9.91. The SMILES string of the molecule is O=C(CNC(=O)CC(c1ccccc1)(c1ccccc1)c1ccccc1)NCCC(=O)N[C@@H](CC1CCCCC1)C1CCCNC1. The van der Waals surface area contributed by atoms with Gasteiger partial charge >= 0.3 is 0 Å². The number of nitrogens with one attached hydrogen (secondary N) is 4. The molecule has 3 amide bonds. The Labute approximate surface area is 274 Å². The fourth-order valence-corrected chi connectivity index (χ4v) is 7.49. The normalized spacial score (nSPS) is 17.9. The second kappa shape index (κ2) is 17.1. The molecule has 4 N–H and O–H groups in total. The Balaban J connectivity index is 1.15. The van der Waals surface area contributed by atoms with Crippen molar-refractivity contribution in [2.24, 2.45) is 11.8 Å². The van der Waals surface area contributed by atoms with Crippen molar-refractivity contribution in [1.29, 1.82) is 0 Å². The molecule has 2 fully saturated rings. The molecule has 0 spiro atoms. The van der Waals surface area contributed by atoms with Gasteiger partial charge in [-0.1, -0.05) is 123 Å². The maximum Gasteiger partial charge on any atom is 0.239 e. The quantitative estimate of drug-likeness (QED) is 0.179. The van der Waals surface area contributed by atoms with E-state index in [1.54, 1.807) is 0 Å². The average Bonchev–Trinajstić information content (AvgIpc) is 3.11. The number of hydrogen-bond acceptors (Lipinski definition) is 4. The number of hydrogen-bond donors (Lipinski definition) is 4. The summed E-state index contributed by atoms with van der Waals surface area (Å²) in [4.78, 5) is 39.3. The molecule has 244 valence electrons. The van der Waals surface area contributed by atoms with Crippen molar-refractivity contribution in [3.63, 3.8) is 0 Å². The second-order valence-electron chi connectivity index (χ2n) is 13.1. The third kappa shape index (κ3) is 9.06. The van der Waals surface area contributed by atoms with Gasteiger partial charge in [0, 0.05) is 25.4 Å². The van der Waals surface area contributed by atoms with Crippen molar-refractivity contribution in [3.8, 4) is 0 Å². The summed E-state index contributed by atoms with van der Waals surface area (Å²) in [5, 5.41) is 12.5. The van der Waals surface area contributed by atoms with Crippen LogP contribution in [0.2, 0.25) is 0 Å². The molecule has 1 aliphatic heterocycles. The third-order valence-electron chi connectivity index (χ3n) is 9.91. The van der Waals surface area contributed by atoms with Crippen LogP contribution in [0.15, 0.2) is 91.0 Å². The summed E-state index contributed by atoms with van der Waals surface area (Å²) < 4.78 is 0. The van der Waals surface area contributed by atoms with E-state index in [0.717, 1.165) is 49.0 Å². The van der Waals surface area contributed by atoms with Crippen LogP contribution in [0.5, 0.6) is 0 Å². The predicted molar refractivity (Wildman–Crippen MR) is 183 cm³/mol. The first kappa shape index (κ1) is 33.4. The van der Waals surface area contributed by atoms with Gasteiger partial charge in [-0.3, -0.25) is 14.4 Å². The maximum absolute atomic E-state index is 13.5. The average molecular weight is 623 g/mol. The van der Waals surface area contributed by atoms with Crippen LogP contribution in [-0.2, 0) is 19.8 Å². The monoisotopic (exact) mass is 622 g/mol. The van der Waals surface area contributed by atoms with Crippen LogP contribution < -0.4 is 21.3 Å². The molecule has 1 heterocycles. The topological polar surface area (TPSA) is 99.3 Å². The van der Waals surface area contributed by atoms with Crippen LogP contribution in [0.25, 0.3) is 0 Å². The van der Waals surface area contributed by atoms with Crippen molar-refractivity contribution in [1.82, 2.24) is 21.3 Å². The Morgan fingerprint density at radius 2 is 1.28 bits per heavy atom. The van der Waals surface area contributed by atoms with Crippen molar-refractivity contribution in [2.75, 3.05) is 26.2 Å². The van der Waals surface area contributed by atoms with Gasteiger partial charge in [-0.25, -0.2) is 0 Å². The molecule has 0 radical (unpaired) electrons. The Hall–Kier alpha value is -3.97. The molecule has 1 saturated carbocycles. The fourth-order valence-electron chi connectivity index (χ4n) is 7.49. The zero-order valence-corrected chi connectivity index (χ0v) is 27.0. The lowest BCUT2D eigenvalue weighted by Crippen LogP contribution is -2.48. The van der Waals surface area contributed by atoms with Crippen LogP contribution in [0.4, 0.5) is 0 Å². The zero-order valence-electron chi connectivity index (χ0n) is 27.0. The molecule has 0 bridgehead atoms. The van der Waals surface area contributed by atoms with E-state index < -0.39 is 5.41 Å². The number of amides is 3. The van der Waals surface area contributed by atoms with E-state index in [1.165, 1.54) is 32.1 Å². The predicted octanol–water partition coefficient (Wildman–Crippen LogP) is 5.49. The highest BCUT2D eigenvalue weighted by atomic mass is 16.2. The largest absolute Gasteiger partial charge is 0.354 e. The fraction of sp³-hybridized carbons (Fsp3) is 0.462. The molecule has 1 aliphatic carbocycles. The van der Waals surface area contributed by atoms with E-state index in [9.17, 15) is 14.4 Å². The van der Waals surface area contributed by atoms with E-state index in [-0.39, 0.29) is 49.7 Å². The van der Waals surface area contributed by atoms with Crippen LogP contribution >= 0.6 is 0 Å². The minimum absolute atomic E-state index is 0.0194. The van der Waals surface area contributed by atoms with E-state index in [1.807, 2.05) is 54.6 Å². The molecule has 7 nitrogen and oxygen atoms in total. The van der Waals surface area contributed by atoms with Crippen molar-refractivity contribution < 1.29 is 14.4 Å². The minimum atomic E-state index is -0.732. The first-order chi connectivity index (χ1) is 22.5. The van der Waals surface area contributed by atoms with E-state index in [4.69, 9.17) is 0 Å². The molecule has 5 rings (SSSR count). The van der Waals surface area contributed by atoms with Gasteiger partial charge < -0.3 is 21.3 Å². The van der Waals surface area contributed by atoms with Gasteiger partial charge in [-0.05, 0) is 60.9 Å². The lowest BCUT2D eigenvalue weighted by atomic mass is 9.67. The molecule has 3 aromatic carbocycles. The van der Waals surface area contributed by atoms with Crippen molar-refractivity contribution in [3.05, 3.63) is 108 Å². The molecular weight excluding hydrogens is 572 g/mol. The Morgan fingerprint density at radius 1 is 0.696 bits per heavy atom. The first-order valence-electron chi connectivity index (χ1n) is 17.2. The van der Waals surface area contributed by atoms with E-state index in [0.29, 0.717) is 11.8 Å². The van der Waals surface area contributed by atoms with Gasteiger partial charge in [0.25, 0.3) is 0 Å². The van der Waals surface area contributed by atoms with Gasteiger partial charge in [0.05, 0.1) is 12.0 Å². The van der Waals surface area contributed by atoms with Gasteiger partial charge in [0.15, 0.2) is 0 Å².